The van der Waals surface area contributed by atoms with Crippen molar-refractivity contribution in [3.63, 3.8) is 0 Å². The van der Waals surface area contributed by atoms with Crippen molar-refractivity contribution < 1.29 is 9.32 Å². The summed E-state index contributed by atoms with van der Waals surface area (Å²) in [6.07, 6.45) is 1.74. The summed E-state index contributed by atoms with van der Waals surface area (Å²) in [7, 11) is 0. The average Bonchev–Trinajstić information content (AvgIpc) is 3.27. The van der Waals surface area contributed by atoms with Gasteiger partial charge in [-0.1, -0.05) is 17.3 Å². The summed E-state index contributed by atoms with van der Waals surface area (Å²) in [6.45, 7) is 3.79. The molecule has 6 nitrogen and oxygen atoms in total. The van der Waals surface area contributed by atoms with Gasteiger partial charge in [0.15, 0.2) is 0 Å². The van der Waals surface area contributed by atoms with Gasteiger partial charge in [-0.2, -0.15) is 0 Å². The van der Waals surface area contributed by atoms with Gasteiger partial charge in [0.05, 0.1) is 21.7 Å². The molecule has 0 aliphatic rings. The minimum Gasteiger partial charge on any atom is -0.361 e. The second kappa shape index (κ2) is 8.12. The van der Waals surface area contributed by atoms with Crippen LogP contribution in [0.25, 0.3) is 20.8 Å². The van der Waals surface area contributed by atoms with Gasteiger partial charge in [-0.3, -0.25) is 4.79 Å². The maximum Gasteiger partial charge on any atom is 0.235 e. The number of hydrogen-bond donors (Lipinski definition) is 1. The zero-order chi connectivity index (χ0) is 19.5. The van der Waals surface area contributed by atoms with Crippen molar-refractivity contribution in [1.29, 1.82) is 0 Å². The maximum absolute atomic E-state index is 12.2. The van der Waals surface area contributed by atoms with E-state index in [1.165, 1.54) is 11.8 Å². The average molecular weight is 411 g/mol. The van der Waals surface area contributed by atoms with E-state index in [4.69, 9.17) is 4.52 Å². The Bertz CT molecular complexity index is 1070. The minimum atomic E-state index is -0.0861. The lowest BCUT2D eigenvalue weighted by atomic mass is 10.2. The molecule has 142 valence electrons. The molecule has 1 amide bonds. The van der Waals surface area contributed by atoms with Crippen molar-refractivity contribution in [3.05, 3.63) is 59.6 Å². The van der Waals surface area contributed by atoms with E-state index in [0.717, 1.165) is 37.8 Å². The van der Waals surface area contributed by atoms with Gasteiger partial charge in [-0.15, -0.1) is 23.1 Å². The fourth-order valence-electron chi connectivity index (χ4n) is 2.72. The molecule has 0 bridgehead atoms. The van der Waals surface area contributed by atoms with Crippen molar-refractivity contribution in [1.82, 2.24) is 15.1 Å². The van der Waals surface area contributed by atoms with Gasteiger partial charge in [0.2, 0.25) is 5.91 Å². The van der Waals surface area contributed by atoms with Crippen molar-refractivity contribution in [2.45, 2.75) is 19.6 Å². The summed E-state index contributed by atoms with van der Waals surface area (Å²) in [5.74, 6) is 2.28. The zero-order valence-corrected chi connectivity index (χ0v) is 17.1. The number of carbonyl (C=O) groups excluding carboxylic acids is 1. The number of rotatable bonds is 6. The first-order valence-corrected chi connectivity index (χ1v) is 10.7. The summed E-state index contributed by atoms with van der Waals surface area (Å²) < 4.78 is 6.28. The summed E-state index contributed by atoms with van der Waals surface area (Å²) in [6, 6.07) is 11.8. The molecule has 3 aromatic heterocycles. The second-order valence-corrected chi connectivity index (χ2v) is 8.28. The third kappa shape index (κ3) is 4.07. The van der Waals surface area contributed by atoms with Gasteiger partial charge in [-0.05, 0) is 38.1 Å². The van der Waals surface area contributed by atoms with Crippen molar-refractivity contribution in [2.75, 3.05) is 11.1 Å². The van der Waals surface area contributed by atoms with Crippen LogP contribution in [0.1, 0.15) is 17.0 Å². The van der Waals surface area contributed by atoms with Crippen molar-refractivity contribution in [2.24, 2.45) is 0 Å². The normalized spacial score (nSPS) is 11.1. The molecular weight excluding hydrogens is 392 g/mol. The standard InChI is InChI=1S/C20H18N4O2S2/c1-12-15(13(2)26-24-12)10-27-11-19(25)23-18-8-7-14(9-21-18)20-22-16-5-3-4-6-17(16)28-20/h3-9H,10-11H2,1-2H3,(H,21,23,25). The van der Waals surface area contributed by atoms with E-state index in [-0.39, 0.29) is 5.91 Å². The summed E-state index contributed by atoms with van der Waals surface area (Å²) >= 11 is 3.15. The van der Waals surface area contributed by atoms with Crippen LogP contribution in [-0.4, -0.2) is 26.8 Å². The highest BCUT2D eigenvalue weighted by molar-refractivity contribution is 7.99. The first-order valence-electron chi connectivity index (χ1n) is 8.71. The first kappa shape index (κ1) is 18.6. The molecule has 0 aliphatic heterocycles. The van der Waals surface area contributed by atoms with Crippen LogP contribution in [-0.2, 0) is 10.5 Å². The lowest BCUT2D eigenvalue weighted by Gasteiger charge is -2.05. The molecule has 8 heteroatoms. The smallest absolute Gasteiger partial charge is 0.235 e. The van der Waals surface area contributed by atoms with Crippen molar-refractivity contribution >= 4 is 45.0 Å². The number of hydrogen-bond acceptors (Lipinski definition) is 7. The molecule has 1 N–H and O–H groups in total. The third-order valence-electron chi connectivity index (χ3n) is 4.23. The molecule has 3 heterocycles. The van der Waals surface area contributed by atoms with E-state index in [1.807, 2.05) is 38.1 Å². The summed E-state index contributed by atoms with van der Waals surface area (Å²) in [5, 5.41) is 7.67. The number of thioether (sulfide) groups is 1. The number of nitrogens with zero attached hydrogens (tertiary/aromatic N) is 3. The van der Waals surface area contributed by atoms with Crippen LogP contribution in [0.2, 0.25) is 0 Å². The molecule has 28 heavy (non-hydrogen) atoms. The van der Waals surface area contributed by atoms with E-state index in [0.29, 0.717) is 17.3 Å². The van der Waals surface area contributed by atoms with Gasteiger partial charge >= 0.3 is 0 Å². The number of pyridine rings is 1. The highest BCUT2D eigenvalue weighted by atomic mass is 32.2. The summed E-state index contributed by atoms with van der Waals surface area (Å²) in [5.41, 5.74) is 3.84. The number of anilines is 1. The van der Waals surface area contributed by atoms with Gasteiger partial charge in [-0.25, -0.2) is 9.97 Å². The molecule has 0 saturated heterocycles. The number of thiazole rings is 1. The van der Waals surface area contributed by atoms with Crippen LogP contribution in [0.3, 0.4) is 0 Å². The Morgan fingerprint density at radius 3 is 2.79 bits per heavy atom. The number of benzene rings is 1. The van der Waals surface area contributed by atoms with Gasteiger partial charge in [0, 0.05) is 23.1 Å². The molecule has 4 rings (SSSR count). The molecule has 4 aromatic rings. The van der Waals surface area contributed by atoms with Crippen LogP contribution in [0.4, 0.5) is 5.82 Å². The Hall–Kier alpha value is -2.71. The summed E-state index contributed by atoms with van der Waals surface area (Å²) in [4.78, 5) is 21.1. The second-order valence-electron chi connectivity index (χ2n) is 6.26. The topological polar surface area (TPSA) is 80.9 Å². The number of carbonyl (C=O) groups is 1. The molecule has 0 saturated carbocycles. The van der Waals surface area contributed by atoms with Crippen LogP contribution in [0.5, 0.6) is 0 Å². The molecular formula is C20H18N4O2S2. The quantitative estimate of drug-likeness (QED) is 0.490. The molecule has 0 radical (unpaired) electrons. The Kier molecular flexibility index (Phi) is 5.40. The number of nitrogens with one attached hydrogen (secondary N) is 1. The zero-order valence-electron chi connectivity index (χ0n) is 15.4. The van der Waals surface area contributed by atoms with E-state index >= 15 is 0 Å². The monoisotopic (exact) mass is 410 g/mol. The fraction of sp³-hybridized carbons (Fsp3) is 0.200. The third-order valence-corrected chi connectivity index (χ3v) is 6.28. The minimum absolute atomic E-state index is 0.0861. The van der Waals surface area contributed by atoms with E-state index in [2.05, 4.69) is 26.5 Å². The highest BCUT2D eigenvalue weighted by Crippen LogP contribution is 2.29. The van der Waals surface area contributed by atoms with Crippen LogP contribution in [0, 0.1) is 13.8 Å². The Morgan fingerprint density at radius 2 is 2.07 bits per heavy atom. The molecule has 0 fully saturated rings. The van der Waals surface area contributed by atoms with Gasteiger partial charge in [0.1, 0.15) is 16.6 Å². The Balaban J connectivity index is 1.34. The number of para-hydroxylation sites is 1. The fourth-order valence-corrected chi connectivity index (χ4v) is 4.65. The maximum atomic E-state index is 12.2. The Morgan fingerprint density at radius 1 is 1.21 bits per heavy atom. The number of amides is 1. The lowest BCUT2D eigenvalue weighted by Crippen LogP contribution is -2.15. The van der Waals surface area contributed by atoms with E-state index < -0.39 is 0 Å². The van der Waals surface area contributed by atoms with E-state index in [1.54, 1.807) is 23.6 Å². The number of fused-ring (bicyclic) bond motifs is 1. The predicted molar refractivity (Wildman–Crippen MR) is 114 cm³/mol. The predicted octanol–water partition coefficient (Wildman–Crippen LogP) is 4.84. The number of aryl methyl sites for hydroxylation is 2. The number of aromatic nitrogens is 3. The van der Waals surface area contributed by atoms with E-state index in [9.17, 15) is 4.79 Å². The highest BCUT2D eigenvalue weighted by Gasteiger charge is 2.11. The molecule has 0 unspecified atom stereocenters. The van der Waals surface area contributed by atoms with Crippen LogP contribution >= 0.6 is 23.1 Å². The largest absolute Gasteiger partial charge is 0.361 e. The molecule has 0 atom stereocenters. The molecule has 1 aromatic carbocycles. The molecule has 0 aliphatic carbocycles. The Labute approximate surface area is 170 Å². The van der Waals surface area contributed by atoms with Gasteiger partial charge in [0.25, 0.3) is 0 Å². The molecule has 0 spiro atoms. The lowest BCUT2D eigenvalue weighted by molar-refractivity contribution is -0.113. The SMILES string of the molecule is Cc1noc(C)c1CSCC(=O)Nc1ccc(-c2nc3ccccc3s2)cn1. The van der Waals surface area contributed by atoms with Crippen LogP contribution < -0.4 is 5.32 Å². The first-order chi connectivity index (χ1) is 13.6. The van der Waals surface area contributed by atoms with Crippen LogP contribution in [0.15, 0.2) is 47.1 Å². The van der Waals surface area contributed by atoms with Crippen molar-refractivity contribution in [3.8, 4) is 10.6 Å². The van der Waals surface area contributed by atoms with Gasteiger partial charge < -0.3 is 9.84 Å².